The minimum absolute atomic E-state index is 0.300. The van der Waals surface area contributed by atoms with Gasteiger partial charge in [0.05, 0.1) is 0 Å². The molecule has 0 bridgehead atoms. The number of benzene rings is 2. The summed E-state index contributed by atoms with van der Waals surface area (Å²) in [5.74, 6) is -0.139. The summed E-state index contributed by atoms with van der Waals surface area (Å²) in [6, 6.07) is 14.8. The summed E-state index contributed by atoms with van der Waals surface area (Å²) in [7, 11) is 0. The largest absolute Gasteiger partial charge is 0.402 e. The van der Waals surface area contributed by atoms with E-state index in [-0.39, 0.29) is 0 Å². The molecule has 3 nitrogen and oxygen atoms in total. The van der Waals surface area contributed by atoms with Crippen LogP contribution in [0.1, 0.15) is 16.7 Å². The third-order valence-electron chi connectivity index (χ3n) is 3.19. The topological polar surface area (TPSA) is 38.7 Å². The van der Waals surface area contributed by atoms with Crippen molar-refractivity contribution < 1.29 is 9.53 Å². The summed E-state index contributed by atoms with van der Waals surface area (Å²) in [6.45, 7) is 1.98. The Morgan fingerprint density at radius 2 is 1.81 bits per heavy atom. The van der Waals surface area contributed by atoms with Crippen LogP contribution < -0.4 is 0 Å². The Morgan fingerprint density at radius 3 is 2.52 bits per heavy atom. The van der Waals surface area contributed by atoms with Gasteiger partial charge in [-0.05, 0) is 48.4 Å². The highest BCUT2D eigenvalue weighted by Gasteiger charge is 2.24. The molecule has 0 N–H and O–H groups in total. The van der Waals surface area contributed by atoms with Crippen LogP contribution in [0.15, 0.2) is 59.2 Å². The van der Waals surface area contributed by atoms with Gasteiger partial charge in [0.1, 0.15) is 0 Å². The van der Waals surface area contributed by atoms with E-state index in [1.54, 1.807) is 30.3 Å². The van der Waals surface area contributed by atoms with Crippen LogP contribution in [0.4, 0.5) is 0 Å². The fourth-order valence-electron chi connectivity index (χ4n) is 2.02. The van der Waals surface area contributed by atoms with E-state index in [1.807, 2.05) is 31.2 Å². The van der Waals surface area contributed by atoms with Crippen LogP contribution >= 0.6 is 11.6 Å². The Morgan fingerprint density at radius 1 is 1.10 bits per heavy atom. The highest BCUT2D eigenvalue weighted by Crippen LogP contribution is 2.21. The normalized spacial score (nSPS) is 16.0. The number of halogens is 1. The van der Waals surface area contributed by atoms with Crippen LogP contribution in [0.3, 0.4) is 0 Å². The smallest absolute Gasteiger partial charge is 0.363 e. The number of hydrogen-bond donors (Lipinski definition) is 0. The first-order valence-corrected chi connectivity index (χ1v) is 6.85. The van der Waals surface area contributed by atoms with E-state index in [0.29, 0.717) is 16.6 Å². The molecule has 0 spiro atoms. The van der Waals surface area contributed by atoms with Crippen LogP contribution in [0.2, 0.25) is 5.02 Å². The molecule has 0 amide bonds. The minimum atomic E-state index is -0.441. The number of carbonyl (C=O) groups is 1. The van der Waals surface area contributed by atoms with Crippen LogP contribution in [-0.2, 0) is 9.53 Å². The van der Waals surface area contributed by atoms with Crippen LogP contribution in [0, 0.1) is 6.92 Å². The maximum absolute atomic E-state index is 11.9. The summed E-state index contributed by atoms with van der Waals surface area (Å²) in [5, 5.41) is 0.624. The van der Waals surface area contributed by atoms with Gasteiger partial charge in [0.2, 0.25) is 5.90 Å². The summed E-state index contributed by atoms with van der Waals surface area (Å²) < 4.78 is 5.21. The fourth-order valence-corrected chi connectivity index (χ4v) is 2.15. The van der Waals surface area contributed by atoms with E-state index in [4.69, 9.17) is 16.3 Å². The number of esters is 1. The Balaban J connectivity index is 1.96. The van der Waals surface area contributed by atoms with Crippen LogP contribution in [-0.4, -0.2) is 11.9 Å². The van der Waals surface area contributed by atoms with Gasteiger partial charge in [-0.3, -0.25) is 0 Å². The summed E-state index contributed by atoms with van der Waals surface area (Å²) in [5.41, 5.74) is 3.05. The zero-order chi connectivity index (χ0) is 14.8. The molecule has 0 atom stereocenters. The number of cyclic esters (lactones) is 1. The predicted octanol–water partition coefficient (Wildman–Crippen LogP) is 3.99. The van der Waals surface area contributed by atoms with Crippen molar-refractivity contribution in [1.82, 2.24) is 0 Å². The molecule has 0 aliphatic carbocycles. The van der Waals surface area contributed by atoms with Gasteiger partial charge < -0.3 is 4.74 Å². The van der Waals surface area contributed by atoms with E-state index in [1.165, 1.54) is 0 Å². The first-order valence-electron chi connectivity index (χ1n) is 6.47. The molecule has 0 radical (unpaired) electrons. The number of ether oxygens (including phenoxy) is 1. The van der Waals surface area contributed by atoms with Crippen molar-refractivity contribution in [3.8, 4) is 0 Å². The Bertz CT molecular complexity index is 761. The second-order valence-corrected chi connectivity index (χ2v) is 5.14. The van der Waals surface area contributed by atoms with Crippen molar-refractivity contribution in [3.05, 3.63) is 75.9 Å². The lowest BCUT2D eigenvalue weighted by molar-refractivity contribution is -0.129. The predicted molar refractivity (Wildman–Crippen MR) is 83.2 cm³/mol. The molecule has 1 aliphatic heterocycles. The van der Waals surface area contributed by atoms with Gasteiger partial charge in [0.25, 0.3) is 0 Å². The number of aryl methyl sites for hydroxylation is 1. The number of rotatable bonds is 2. The van der Waals surface area contributed by atoms with Gasteiger partial charge in [-0.25, -0.2) is 9.79 Å². The molecule has 1 aliphatic rings. The average molecular weight is 298 g/mol. The average Bonchev–Trinajstić information content (AvgIpc) is 2.83. The molecular weight excluding hydrogens is 286 g/mol. The molecule has 21 heavy (non-hydrogen) atoms. The SMILES string of the molecule is Cc1ccccc1/C=C1/N=C(c2ccc(Cl)cc2)OC1=O. The lowest BCUT2D eigenvalue weighted by Crippen LogP contribution is -2.05. The van der Waals surface area contributed by atoms with Crippen molar-refractivity contribution in [3.63, 3.8) is 0 Å². The summed E-state index contributed by atoms with van der Waals surface area (Å²) in [4.78, 5) is 16.2. The highest BCUT2D eigenvalue weighted by molar-refractivity contribution is 6.30. The van der Waals surface area contributed by atoms with Gasteiger partial charge in [-0.2, -0.15) is 0 Å². The molecule has 0 aromatic heterocycles. The Hall–Kier alpha value is -2.39. The van der Waals surface area contributed by atoms with Crippen LogP contribution in [0.5, 0.6) is 0 Å². The molecule has 104 valence electrons. The maximum Gasteiger partial charge on any atom is 0.363 e. The lowest BCUT2D eigenvalue weighted by Gasteiger charge is -1.98. The molecule has 2 aromatic carbocycles. The van der Waals surface area contributed by atoms with Gasteiger partial charge in [-0.1, -0.05) is 35.9 Å². The van der Waals surface area contributed by atoms with E-state index in [9.17, 15) is 4.79 Å². The molecule has 0 fully saturated rings. The lowest BCUT2D eigenvalue weighted by atomic mass is 10.1. The molecule has 3 rings (SSSR count). The third-order valence-corrected chi connectivity index (χ3v) is 3.44. The van der Waals surface area contributed by atoms with Crippen molar-refractivity contribution >= 4 is 29.5 Å². The van der Waals surface area contributed by atoms with E-state index in [2.05, 4.69) is 4.99 Å². The zero-order valence-corrected chi connectivity index (χ0v) is 12.1. The number of nitrogens with zero attached hydrogens (tertiary/aromatic N) is 1. The molecular formula is C17H12ClNO2. The van der Waals surface area contributed by atoms with Crippen molar-refractivity contribution in [2.24, 2.45) is 4.99 Å². The second-order valence-electron chi connectivity index (χ2n) is 4.70. The third kappa shape index (κ3) is 2.88. The monoisotopic (exact) mass is 297 g/mol. The first-order chi connectivity index (χ1) is 10.1. The molecule has 1 heterocycles. The number of carbonyl (C=O) groups excluding carboxylic acids is 1. The summed E-state index contributed by atoms with van der Waals surface area (Å²) in [6.07, 6.45) is 1.74. The van der Waals surface area contributed by atoms with E-state index < -0.39 is 5.97 Å². The number of hydrogen-bond acceptors (Lipinski definition) is 3. The molecule has 0 saturated carbocycles. The maximum atomic E-state index is 11.9. The Labute approximate surface area is 127 Å². The Kier molecular flexibility index (Phi) is 3.59. The van der Waals surface area contributed by atoms with Crippen LogP contribution in [0.25, 0.3) is 6.08 Å². The molecule has 2 aromatic rings. The highest BCUT2D eigenvalue weighted by atomic mass is 35.5. The number of aliphatic imine (C=N–C) groups is 1. The van der Waals surface area contributed by atoms with Gasteiger partial charge in [0.15, 0.2) is 5.70 Å². The second kappa shape index (κ2) is 5.54. The van der Waals surface area contributed by atoms with Crippen molar-refractivity contribution in [2.45, 2.75) is 6.92 Å². The molecule has 4 heteroatoms. The van der Waals surface area contributed by atoms with Crippen molar-refractivity contribution in [1.29, 1.82) is 0 Å². The van der Waals surface area contributed by atoms with Gasteiger partial charge >= 0.3 is 5.97 Å². The fraction of sp³-hybridized carbons (Fsp3) is 0.0588. The van der Waals surface area contributed by atoms with Gasteiger partial charge in [0, 0.05) is 10.6 Å². The molecule has 0 unspecified atom stereocenters. The summed E-state index contributed by atoms with van der Waals surface area (Å²) >= 11 is 5.84. The standard InChI is InChI=1S/C17H12ClNO2/c1-11-4-2-3-5-13(11)10-15-17(20)21-16(19-15)12-6-8-14(18)9-7-12/h2-10H,1H3/b15-10+. The zero-order valence-electron chi connectivity index (χ0n) is 11.3. The quantitative estimate of drug-likeness (QED) is 0.621. The first kappa shape index (κ1) is 13.6. The van der Waals surface area contributed by atoms with Gasteiger partial charge in [-0.15, -0.1) is 0 Å². The van der Waals surface area contributed by atoms with Crippen molar-refractivity contribution in [2.75, 3.05) is 0 Å². The molecule has 0 saturated heterocycles. The minimum Gasteiger partial charge on any atom is -0.402 e. The van der Waals surface area contributed by atoms with E-state index in [0.717, 1.165) is 16.7 Å². The van der Waals surface area contributed by atoms with E-state index >= 15 is 0 Å².